The van der Waals surface area contributed by atoms with Gasteiger partial charge in [-0.3, -0.25) is 0 Å². The molecule has 248 valence electrons. The fraction of sp³-hybridized carbons (Fsp3) is 0.0400. The molecule has 1 unspecified atom stereocenters. The Morgan fingerprint density at radius 3 is 1.83 bits per heavy atom. The normalized spacial score (nSPS) is 14.2. The molecule has 1 atom stereocenters. The van der Waals surface area contributed by atoms with Crippen LogP contribution in [0.25, 0.3) is 98.4 Å². The Bertz CT molecular complexity index is 3330. The van der Waals surface area contributed by atoms with Crippen molar-refractivity contribution in [3.8, 4) is 22.5 Å². The molecular weight excluding hydrogens is 643 g/mol. The number of aromatic nitrogens is 2. The Morgan fingerprint density at radius 2 is 1.02 bits per heavy atom. The first-order chi connectivity index (χ1) is 26.2. The Labute approximate surface area is 305 Å². The van der Waals surface area contributed by atoms with Gasteiger partial charge < -0.3 is 14.9 Å². The minimum atomic E-state index is -0.179. The van der Waals surface area contributed by atoms with E-state index in [4.69, 9.17) is 5.73 Å². The van der Waals surface area contributed by atoms with E-state index in [-0.39, 0.29) is 6.04 Å². The molecule has 12 rings (SSSR count). The molecule has 2 N–H and O–H groups in total. The van der Waals surface area contributed by atoms with Crippen molar-refractivity contribution in [2.24, 2.45) is 5.73 Å². The molecule has 0 radical (unpaired) electrons. The molecule has 4 bridgehead atoms. The van der Waals surface area contributed by atoms with Crippen molar-refractivity contribution in [1.29, 1.82) is 0 Å². The summed E-state index contributed by atoms with van der Waals surface area (Å²) in [7, 11) is 0. The summed E-state index contributed by atoms with van der Waals surface area (Å²) >= 11 is 0. The van der Waals surface area contributed by atoms with Crippen molar-refractivity contribution in [2.75, 3.05) is 0 Å². The lowest BCUT2D eigenvalue weighted by molar-refractivity contribution is 0.727. The summed E-state index contributed by atoms with van der Waals surface area (Å²) < 4.78 is 4.91. The fourth-order valence-electron chi connectivity index (χ4n) is 9.55. The molecule has 0 saturated carbocycles. The minimum absolute atomic E-state index is 0.179. The van der Waals surface area contributed by atoms with Crippen LogP contribution >= 0.6 is 0 Å². The number of nitrogens with two attached hydrogens (primary N) is 1. The Kier molecular flexibility index (Phi) is 5.83. The summed E-state index contributed by atoms with van der Waals surface area (Å²) in [5, 5.41) is 12.7. The highest BCUT2D eigenvalue weighted by Gasteiger charge is 2.24. The molecule has 0 spiro atoms. The van der Waals surface area contributed by atoms with Crippen LogP contribution in [0.2, 0.25) is 0 Å². The molecule has 1 aliphatic rings. The van der Waals surface area contributed by atoms with Crippen molar-refractivity contribution >= 4 is 75.9 Å². The van der Waals surface area contributed by atoms with Gasteiger partial charge in [0, 0.05) is 38.8 Å². The summed E-state index contributed by atoms with van der Waals surface area (Å²) in [6, 6.07) is 62.6. The van der Waals surface area contributed by atoms with Gasteiger partial charge in [0.05, 0.1) is 27.8 Å². The summed E-state index contributed by atoms with van der Waals surface area (Å²) in [5.74, 6) is 0. The molecule has 0 saturated heterocycles. The van der Waals surface area contributed by atoms with E-state index in [9.17, 15) is 0 Å². The van der Waals surface area contributed by atoms with E-state index >= 15 is 0 Å². The van der Waals surface area contributed by atoms with E-state index in [1.165, 1.54) is 92.6 Å². The Hall–Kier alpha value is -6.68. The third-order valence-corrected chi connectivity index (χ3v) is 11.8. The molecule has 53 heavy (non-hydrogen) atoms. The fourth-order valence-corrected chi connectivity index (χ4v) is 9.55. The highest BCUT2D eigenvalue weighted by molar-refractivity contribution is 6.27. The van der Waals surface area contributed by atoms with E-state index < -0.39 is 0 Å². The molecule has 3 nitrogen and oxygen atoms in total. The molecular formula is C50H33N3. The van der Waals surface area contributed by atoms with Gasteiger partial charge in [-0.25, -0.2) is 0 Å². The third-order valence-electron chi connectivity index (χ3n) is 11.8. The van der Waals surface area contributed by atoms with Crippen molar-refractivity contribution < 1.29 is 0 Å². The topological polar surface area (TPSA) is 35.9 Å². The molecule has 0 amide bonds. The van der Waals surface area contributed by atoms with Gasteiger partial charge in [0.15, 0.2) is 0 Å². The highest BCUT2D eigenvalue weighted by Crippen LogP contribution is 2.45. The monoisotopic (exact) mass is 675 g/mol. The predicted molar refractivity (Wildman–Crippen MR) is 224 cm³/mol. The molecule has 3 heteroatoms. The van der Waals surface area contributed by atoms with Crippen LogP contribution in [0.3, 0.4) is 0 Å². The smallest absolute Gasteiger partial charge is 0.0562 e. The average molecular weight is 676 g/mol. The SMILES string of the molecule is NC1Cc2cc(cc3c4ccccc4c4ccccc4c23)-c2ccccc2-n2c3cc1ccc3c1cc3c4ccccc4n(-c4ccccc4)c3cc12. The second-order valence-electron chi connectivity index (χ2n) is 14.7. The first-order valence-electron chi connectivity index (χ1n) is 18.5. The number of para-hydroxylation sites is 3. The van der Waals surface area contributed by atoms with Gasteiger partial charge in [0.25, 0.3) is 0 Å². The molecule has 11 aromatic rings. The first-order valence-corrected chi connectivity index (χ1v) is 18.5. The molecule has 2 aromatic heterocycles. The third kappa shape index (κ3) is 3.97. The van der Waals surface area contributed by atoms with Gasteiger partial charge in [-0.1, -0.05) is 121 Å². The zero-order valence-corrected chi connectivity index (χ0v) is 28.9. The Balaban J connectivity index is 1.24. The standard InChI is InChI=1S/C50H33N3/c51-44-26-32-24-31(25-43-37-17-5-4-15-35(37)36-16-6-7-19-40(36)50(32)43)34-14-8-10-20-45(34)53-47-27-30(44)22-23-39(47)42-28-41-38-18-9-11-21-46(38)52(48(41)29-49(42)53)33-12-2-1-3-13-33/h1-25,27-29,44H,26,51H2. The van der Waals surface area contributed by atoms with Crippen LogP contribution in [-0.2, 0) is 6.42 Å². The van der Waals surface area contributed by atoms with Gasteiger partial charge in [0.2, 0.25) is 0 Å². The maximum Gasteiger partial charge on any atom is 0.0562 e. The van der Waals surface area contributed by atoms with Crippen LogP contribution in [0.4, 0.5) is 0 Å². The maximum atomic E-state index is 7.28. The summed E-state index contributed by atoms with van der Waals surface area (Å²) in [5.41, 5.74) is 19.2. The van der Waals surface area contributed by atoms with Crippen LogP contribution in [-0.4, -0.2) is 9.13 Å². The number of nitrogens with zero attached hydrogens (tertiary/aromatic N) is 2. The Morgan fingerprint density at radius 1 is 0.415 bits per heavy atom. The van der Waals surface area contributed by atoms with Crippen molar-refractivity contribution in [3.05, 3.63) is 181 Å². The predicted octanol–water partition coefficient (Wildman–Crippen LogP) is 12.6. The number of fused-ring (bicyclic) bond motifs is 19. The largest absolute Gasteiger partial charge is 0.324 e. The molecule has 0 aliphatic carbocycles. The second-order valence-corrected chi connectivity index (χ2v) is 14.7. The van der Waals surface area contributed by atoms with Crippen LogP contribution < -0.4 is 5.73 Å². The van der Waals surface area contributed by atoms with E-state index in [1.54, 1.807) is 0 Å². The minimum Gasteiger partial charge on any atom is -0.324 e. The van der Waals surface area contributed by atoms with Crippen LogP contribution in [0.1, 0.15) is 17.2 Å². The zero-order valence-electron chi connectivity index (χ0n) is 28.9. The first kappa shape index (κ1) is 29.0. The number of hydrogen-bond donors (Lipinski definition) is 1. The van der Waals surface area contributed by atoms with E-state index in [2.05, 4.69) is 179 Å². The van der Waals surface area contributed by atoms with Gasteiger partial charge in [-0.2, -0.15) is 0 Å². The second kappa shape index (κ2) is 10.7. The van der Waals surface area contributed by atoms with Gasteiger partial charge >= 0.3 is 0 Å². The van der Waals surface area contributed by atoms with E-state index in [0.29, 0.717) is 0 Å². The molecule has 3 heterocycles. The molecule has 9 aromatic carbocycles. The maximum absolute atomic E-state index is 7.28. The summed E-state index contributed by atoms with van der Waals surface area (Å²) in [4.78, 5) is 0. The van der Waals surface area contributed by atoms with Crippen LogP contribution in [0, 0.1) is 0 Å². The lowest BCUT2D eigenvalue weighted by Gasteiger charge is -2.19. The van der Waals surface area contributed by atoms with Crippen LogP contribution in [0.5, 0.6) is 0 Å². The highest BCUT2D eigenvalue weighted by atomic mass is 15.0. The quantitative estimate of drug-likeness (QED) is 0.173. The summed E-state index contributed by atoms with van der Waals surface area (Å²) in [6.45, 7) is 0. The number of rotatable bonds is 1. The van der Waals surface area contributed by atoms with E-state index in [0.717, 1.165) is 23.4 Å². The van der Waals surface area contributed by atoms with Gasteiger partial charge in [-0.05, 0) is 104 Å². The van der Waals surface area contributed by atoms with Gasteiger partial charge in [-0.15, -0.1) is 0 Å². The number of hydrogen-bond acceptors (Lipinski definition) is 1. The van der Waals surface area contributed by atoms with E-state index in [1.807, 2.05) is 0 Å². The van der Waals surface area contributed by atoms with Crippen molar-refractivity contribution in [3.63, 3.8) is 0 Å². The van der Waals surface area contributed by atoms with Crippen LogP contribution in [0.15, 0.2) is 170 Å². The lowest BCUT2D eigenvalue weighted by atomic mass is 9.86. The molecule has 1 aliphatic heterocycles. The lowest BCUT2D eigenvalue weighted by Crippen LogP contribution is -2.13. The summed E-state index contributed by atoms with van der Waals surface area (Å²) in [6.07, 6.45) is 0.734. The average Bonchev–Trinajstić information content (AvgIpc) is 3.71. The molecule has 0 fully saturated rings. The van der Waals surface area contributed by atoms with Crippen molar-refractivity contribution in [2.45, 2.75) is 12.5 Å². The number of benzene rings is 9. The van der Waals surface area contributed by atoms with Crippen molar-refractivity contribution in [1.82, 2.24) is 9.13 Å². The zero-order chi connectivity index (χ0) is 34.8. The van der Waals surface area contributed by atoms with Gasteiger partial charge in [0.1, 0.15) is 0 Å².